The second kappa shape index (κ2) is 7.68. The van der Waals surface area contributed by atoms with Crippen molar-refractivity contribution in [2.75, 3.05) is 27.2 Å². The number of hydrogen-bond donors (Lipinski definition) is 2. The van der Waals surface area contributed by atoms with Crippen LogP contribution in [-0.2, 0) is 6.42 Å². The van der Waals surface area contributed by atoms with Crippen molar-refractivity contribution in [3.05, 3.63) is 65.2 Å². The largest absolute Gasteiger partial charge is 0.491 e. The normalized spacial score (nSPS) is 18.9. The van der Waals surface area contributed by atoms with E-state index in [0.717, 1.165) is 17.7 Å². The molecule has 0 bridgehead atoms. The Labute approximate surface area is 148 Å². The fourth-order valence-electron chi connectivity index (χ4n) is 3.09. The molecule has 5 nitrogen and oxygen atoms in total. The van der Waals surface area contributed by atoms with E-state index in [4.69, 9.17) is 4.74 Å². The molecule has 0 unspecified atom stereocenters. The van der Waals surface area contributed by atoms with Gasteiger partial charge in [0, 0.05) is 13.0 Å². The summed E-state index contributed by atoms with van der Waals surface area (Å²) in [5, 5.41) is 13.3. The molecule has 0 radical (unpaired) electrons. The van der Waals surface area contributed by atoms with Gasteiger partial charge in [0.2, 0.25) is 0 Å². The third-order valence-electron chi connectivity index (χ3n) is 4.42. The molecule has 2 aromatic rings. The van der Waals surface area contributed by atoms with Gasteiger partial charge >= 0.3 is 0 Å². The van der Waals surface area contributed by atoms with Crippen LogP contribution in [0.1, 0.15) is 27.5 Å². The number of aliphatic hydroxyl groups excluding tert-OH is 1. The number of nitrogens with one attached hydrogen (secondary N) is 1. The molecule has 0 saturated carbocycles. The fourth-order valence-corrected chi connectivity index (χ4v) is 3.09. The zero-order valence-electron chi connectivity index (χ0n) is 14.6. The summed E-state index contributed by atoms with van der Waals surface area (Å²) in [6.07, 6.45) is -0.0505. The molecule has 0 aromatic heterocycles. The molecule has 25 heavy (non-hydrogen) atoms. The first-order valence-corrected chi connectivity index (χ1v) is 8.49. The van der Waals surface area contributed by atoms with E-state index < -0.39 is 12.1 Å². The van der Waals surface area contributed by atoms with Crippen LogP contribution in [0.2, 0.25) is 0 Å². The molecular weight excluding hydrogens is 316 g/mol. The van der Waals surface area contributed by atoms with E-state index in [9.17, 15) is 9.90 Å². The van der Waals surface area contributed by atoms with Crippen molar-refractivity contribution in [1.29, 1.82) is 0 Å². The zero-order chi connectivity index (χ0) is 17.8. The number of hydrogen-bond acceptors (Lipinski definition) is 4. The summed E-state index contributed by atoms with van der Waals surface area (Å²) in [7, 11) is 3.95. The minimum atomic E-state index is -0.608. The Morgan fingerprint density at radius 2 is 1.92 bits per heavy atom. The van der Waals surface area contributed by atoms with E-state index in [-0.39, 0.29) is 5.91 Å². The average molecular weight is 340 g/mol. The second-order valence-corrected chi connectivity index (χ2v) is 6.57. The number of nitrogens with zero attached hydrogens (tertiary/aromatic N) is 1. The van der Waals surface area contributed by atoms with Crippen molar-refractivity contribution in [2.24, 2.45) is 0 Å². The first kappa shape index (κ1) is 17.5. The van der Waals surface area contributed by atoms with Gasteiger partial charge in [0.05, 0.1) is 17.7 Å². The van der Waals surface area contributed by atoms with E-state index in [1.54, 1.807) is 12.1 Å². The maximum Gasteiger partial charge on any atom is 0.255 e. The minimum absolute atomic E-state index is 0.235. The Bertz CT molecular complexity index is 745. The van der Waals surface area contributed by atoms with Gasteiger partial charge in [-0.15, -0.1) is 0 Å². The van der Waals surface area contributed by atoms with Crippen LogP contribution in [-0.4, -0.2) is 49.3 Å². The molecule has 0 aliphatic heterocycles. The summed E-state index contributed by atoms with van der Waals surface area (Å²) < 4.78 is 5.76. The maximum atomic E-state index is 12.8. The Kier molecular flexibility index (Phi) is 5.36. The summed E-state index contributed by atoms with van der Waals surface area (Å²) in [4.78, 5) is 14.8. The lowest BCUT2D eigenvalue weighted by atomic mass is 10.1. The van der Waals surface area contributed by atoms with E-state index in [1.165, 1.54) is 0 Å². The van der Waals surface area contributed by atoms with Crippen molar-refractivity contribution >= 4 is 5.91 Å². The number of rotatable bonds is 6. The van der Waals surface area contributed by atoms with Gasteiger partial charge in [-0.05, 0) is 37.4 Å². The number of fused-ring (bicyclic) bond motifs is 1. The second-order valence-electron chi connectivity index (χ2n) is 6.57. The van der Waals surface area contributed by atoms with Crippen LogP contribution in [0.15, 0.2) is 48.5 Å². The number of carbonyl (C=O) groups excluding carboxylic acids is 1. The van der Waals surface area contributed by atoms with Crippen molar-refractivity contribution in [1.82, 2.24) is 10.2 Å². The number of likely N-dealkylation sites (N-methyl/N-ethyl adjacent to an activating group) is 1. The number of aliphatic hydroxyl groups is 1. The highest BCUT2D eigenvalue weighted by Crippen LogP contribution is 2.32. The van der Waals surface area contributed by atoms with Gasteiger partial charge < -0.3 is 20.1 Å². The maximum absolute atomic E-state index is 12.8. The first-order chi connectivity index (χ1) is 12.1. The summed E-state index contributed by atoms with van der Waals surface area (Å²) in [5.74, 6) is 0.323. The first-order valence-electron chi connectivity index (χ1n) is 8.49. The highest BCUT2D eigenvalue weighted by atomic mass is 16.5. The molecule has 1 aliphatic carbocycles. The lowest BCUT2D eigenvalue weighted by molar-refractivity contribution is 0.0854. The van der Waals surface area contributed by atoms with Crippen LogP contribution < -0.4 is 10.1 Å². The molecule has 0 spiro atoms. The molecule has 5 heteroatoms. The third-order valence-corrected chi connectivity index (χ3v) is 4.42. The molecule has 3 rings (SSSR count). The number of carbonyl (C=O) groups is 1. The molecule has 0 fully saturated rings. The van der Waals surface area contributed by atoms with E-state index >= 15 is 0 Å². The molecule has 0 saturated heterocycles. The molecule has 0 heterocycles. The zero-order valence-corrected chi connectivity index (χ0v) is 14.6. The van der Waals surface area contributed by atoms with Gasteiger partial charge in [0.15, 0.2) is 0 Å². The summed E-state index contributed by atoms with van der Waals surface area (Å²) in [6.45, 7) is 1.27. The van der Waals surface area contributed by atoms with Gasteiger partial charge in [-0.2, -0.15) is 0 Å². The summed E-state index contributed by atoms with van der Waals surface area (Å²) >= 11 is 0. The molecular formula is C20H24N2O3. The molecule has 2 atom stereocenters. The lowest BCUT2D eigenvalue weighted by Crippen LogP contribution is -2.34. The van der Waals surface area contributed by atoms with Gasteiger partial charge in [-0.1, -0.05) is 36.4 Å². The molecule has 2 N–H and O–H groups in total. The lowest BCUT2D eigenvalue weighted by Gasteiger charge is -2.19. The fraction of sp³-hybridized carbons (Fsp3) is 0.350. The SMILES string of the molecule is CN(C)CCOc1ccccc1C(=O)N[C@H]1c2ccccc2C[C@H]1O. The molecule has 1 aliphatic rings. The van der Waals surface area contributed by atoms with Crippen LogP contribution >= 0.6 is 0 Å². The molecule has 132 valence electrons. The summed E-state index contributed by atoms with van der Waals surface area (Å²) in [5.41, 5.74) is 2.54. The van der Waals surface area contributed by atoms with Crippen LogP contribution in [0.4, 0.5) is 0 Å². The number of benzene rings is 2. The predicted octanol–water partition coefficient (Wildman–Crippen LogP) is 2.02. The smallest absolute Gasteiger partial charge is 0.255 e. The van der Waals surface area contributed by atoms with E-state index in [2.05, 4.69) is 5.32 Å². The van der Waals surface area contributed by atoms with Crippen LogP contribution in [0.5, 0.6) is 5.75 Å². The monoisotopic (exact) mass is 340 g/mol. The Morgan fingerprint density at radius 3 is 2.72 bits per heavy atom. The van der Waals surface area contributed by atoms with Crippen molar-refractivity contribution in [2.45, 2.75) is 18.6 Å². The highest BCUT2D eigenvalue weighted by molar-refractivity contribution is 5.97. The van der Waals surface area contributed by atoms with Crippen molar-refractivity contribution < 1.29 is 14.6 Å². The molecule has 1 amide bonds. The molecule has 2 aromatic carbocycles. The van der Waals surface area contributed by atoms with Gasteiger partial charge in [0.25, 0.3) is 5.91 Å². The average Bonchev–Trinajstić information content (AvgIpc) is 2.91. The van der Waals surface area contributed by atoms with E-state index in [1.807, 2.05) is 55.4 Å². The minimum Gasteiger partial charge on any atom is -0.491 e. The third kappa shape index (κ3) is 4.00. The standard InChI is InChI=1S/C20H24N2O3/c1-22(2)11-12-25-18-10-6-5-9-16(18)20(24)21-19-15-8-4-3-7-14(15)13-17(19)23/h3-10,17,19,23H,11-13H2,1-2H3,(H,21,24)/t17-,19+/m1/s1. The number of amides is 1. The van der Waals surface area contributed by atoms with Gasteiger partial charge in [0.1, 0.15) is 12.4 Å². The Morgan fingerprint density at radius 1 is 1.20 bits per heavy atom. The Hall–Kier alpha value is -2.37. The quantitative estimate of drug-likeness (QED) is 0.844. The highest BCUT2D eigenvalue weighted by Gasteiger charge is 2.32. The summed E-state index contributed by atoms with van der Waals surface area (Å²) in [6, 6.07) is 14.6. The van der Waals surface area contributed by atoms with Crippen LogP contribution in [0, 0.1) is 0 Å². The topological polar surface area (TPSA) is 61.8 Å². The number of para-hydroxylation sites is 1. The van der Waals surface area contributed by atoms with Crippen molar-refractivity contribution in [3.8, 4) is 5.75 Å². The predicted molar refractivity (Wildman–Crippen MR) is 96.9 cm³/mol. The van der Waals surface area contributed by atoms with Crippen LogP contribution in [0.25, 0.3) is 0 Å². The number of ether oxygens (including phenoxy) is 1. The van der Waals surface area contributed by atoms with Gasteiger partial charge in [-0.3, -0.25) is 4.79 Å². The van der Waals surface area contributed by atoms with Crippen LogP contribution in [0.3, 0.4) is 0 Å². The van der Waals surface area contributed by atoms with Gasteiger partial charge in [-0.25, -0.2) is 0 Å². The Balaban J connectivity index is 1.74. The van der Waals surface area contributed by atoms with Crippen molar-refractivity contribution in [3.63, 3.8) is 0 Å². The van der Waals surface area contributed by atoms with E-state index in [0.29, 0.717) is 24.3 Å².